The number of ether oxygens (including phenoxy) is 1. The molecular formula is C14H17N3O5S2. The van der Waals surface area contributed by atoms with Gasteiger partial charge in [-0.2, -0.15) is 4.98 Å². The van der Waals surface area contributed by atoms with Crippen LogP contribution < -0.4 is 4.65 Å². The fourth-order valence-corrected chi connectivity index (χ4v) is 4.06. The summed E-state index contributed by atoms with van der Waals surface area (Å²) in [6.45, 7) is 3.72. The van der Waals surface area contributed by atoms with Gasteiger partial charge in [0.1, 0.15) is 10.9 Å². The molecule has 0 aromatic carbocycles. The first kappa shape index (κ1) is 18.6. The van der Waals surface area contributed by atoms with E-state index in [4.69, 9.17) is 11.2 Å². The van der Waals surface area contributed by atoms with Gasteiger partial charge in [0.25, 0.3) is 11.4 Å². The van der Waals surface area contributed by atoms with Gasteiger partial charge < -0.3 is 9.94 Å². The number of esters is 1. The van der Waals surface area contributed by atoms with Crippen LogP contribution in [0.1, 0.15) is 6.42 Å². The summed E-state index contributed by atoms with van der Waals surface area (Å²) in [6, 6.07) is 0. The van der Waals surface area contributed by atoms with Crippen LogP contribution in [0.4, 0.5) is 5.13 Å². The minimum Gasteiger partial charge on any atom is -0.622 e. The molecule has 1 aliphatic heterocycles. The number of hydrogen-bond donors (Lipinski definition) is 0. The lowest BCUT2D eigenvalue weighted by Gasteiger charge is -2.38. The zero-order valence-electron chi connectivity index (χ0n) is 13.0. The summed E-state index contributed by atoms with van der Waals surface area (Å²) in [5.41, 5.74) is 0. The molecule has 1 aromatic rings. The third-order valence-electron chi connectivity index (χ3n) is 3.34. The molecule has 0 bridgehead atoms. The molecule has 2 atom stereocenters. The van der Waals surface area contributed by atoms with E-state index in [9.17, 15) is 18.4 Å². The molecule has 0 saturated carbocycles. The van der Waals surface area contributed by atoms with E-state index < -0.39 is 26.7 Å². The van der Waals surface area contributed by atoms with Crippen molar-refractivity contribution in [1.82, 2.24) is 14.5 Å². The number of terminal acetylenes is 1. The summed E-state index contributed by atoms with van der Waals surface area (Å²) in [5, 5.41) is 13.3. The second-order valence-corrected chi connectivity index (χ2v) is 8.58. The Hall–Kier alpha value is -1.77. The topological polar surface area (TPSA) is 99.6 Å². The number of hydroxylamine groups is 2. The van der Waals surface area contributed by atoms with Crippen molar-refractivity contribution in [2.24, 2.45) is 0 Å². The SMILES string of the molecule is C#CCN1CC(OC(=O)CC=C)[N+]([O-])(c2ncc(S(C)(=O)=O)s2)C1. The van der Waals surface area contributed by atoms with Crippen molar-refractivity contribution in [3.63, 3.8) is 0 Å². The summed E-state index contributed by atoms with van der Waals surface area (Å²) in [5.74, 6) is 1.85. The quantitative estimate of drug-likeness (QED) is 0.239. The lowest BCUT2D eigenvalue weighted by molar-refractivity contribution is -0.152. The number of thiazole rings is 1. The number of nitrogens with zero attached hydrogens (tertiary/aromatic N) is 3. The molecule has 2 heterocycles. The van der Waals surface area contributed by atoms with Gasteiger partial charge in [-0.15, -0.1) is 13.0 Å². The molecule has 2 rings (SSSR count). The standard InChI is InChI=1S/C14H17N3O5S2/c1-4-6-12(18)22-11-9-16(7-5-2)10-17(11,19)14-15-8-13(23-14)24(3,20)21/h2,4,8,11H,1,6-7,9-10H2,3H3. The molecular weight excluding hydrogens is 354 g/mol. The predicted octanol–water partition coefficient (Wildman–Crippen LogP) is 0.703. The van der Waals surface area contributed by atoms with Gasteiger partial charge >= 0.3 is 5.97 Å². The van der Waals surface area contributed by atoms with Crippen LogP contribution in [0.2, 0.25) is 0 Å². The zero-order valence-corrected chi connectivity index (χ0v) is 14.7. The Bertz CT molecular complexity index is 783. The molecule has 0 N–H and O–H groups in total. The largest absolute Gasteiger partial charge is 0.622 e. The maximum absolute atomic E-state index is 13.3. The third kappa shape index (κ3) is 3.82. The van der Waals surface area contributed by atoms with Crippen LogP contribution in [0, 0.1) is 17.6 Å². The first-order chi connectivity index (χ1) is 11.2. The van der Waals surface area contributed by atoms with Crippen LogP contribution in [0.3, 0.4) is 0 Å². The average Bonchev–Trinajstić information content (AvgIpc) is 3.06. The van der Waals surface area contributed by atoms with Crippen molar-refractivity contribution < 1.29 is 17.9 Å². The molecule has 10 heteroatoms. The number of quaternary nitrogens is 1. The summed E-state index contributed by atoms with van der Waals surface area (Å²) in [4.78, 5) is 17.3. The van der Waals surface area contributed by atoms with Crippen molar-refractivity contribution >= 4 is 32.3 Å². The number of aromatic nitrogens is 1. The maximum atomic E-state index is 13.3. The van der Waals surface area contributed by atoms with Gasteiger partial charge in [0, 0.05) is 6.26 Å². The van der Waals surface area contributed by atoms with E-state index >= 15 is 0 Å². The van der Waals surface area contributed by atoms with Crippen LogP contribution in [-0.2, 0) is 19.4 Å². The number of sulfone groups is 1. The van der Waals surface area contributed by atoms with Crippen molar-refractivity contribution in [3.05, 3.63) is 24.1 Å². The minimum atomic E-state index is -3.47. The fraction of sp³-hybridized carbons (Fsp3) is 0.429. The van der Waals surface area contributed by atoms with Gasteiger partial charge in [-0.3, -0.25) is 9.44 Å². The van der Waals surface area contributed by atoms with Gasteiger partial charge in [0.15, 0.2) is 9.84 Å². The summed E-state index contributed by atoms with van der Waals surface area (Å²) in [6.07, 6.45) is 7.73. The molecule has 0 spiro atoms. The Morgan fingerprint density at radius 2 is 2.46 bits per heavy atom. The van der Waals surface area contributed by atoms with Gasteiger partial charge in [-0.1, -0.05) is 12.0 Å². The van der Waals surface area contributed by atoms with Crippen LogP contribution >= 0.6 is 11.3 Å². The van der Waals surface area contributed by atoms with E-state index in [1.807, 2.05) is 0 Å². The number of rotatable bonds is 6. The van der Waals surface area contributed by atoms with E-state index in [1.165, 1.54) is 6.08 Å². The highest BCUT2D eigenvalue weighted by Crippen LogP contribution is 2.36. The molecule has 1 aliphatic rings. The van der Waals surface area contributed by atoms with Crippen LogP contribution in [0.5, 0.6) is 0 Å². The first-order valence-corrected chi connectivity index (χ1v) is 9.63. The molecule has 8 nitrogen and oxygen atoms in total. The summed E-state index contributed by atoms with van der Waals surface area (Å²) >= 11 is 0.771. The highest BCUT2D eigenvalue weighted by Gasteiger charge is 2.46. The minimum absolute atomic E-state index is 0.00588. The molecule has 130 valence electrons. The highest BCUT2D eigenvalue weighted by atomic mass is 32.2. The summed E-state index contributed by atoms with van der Waals surface area (Å²) in [7, 11) is -3.47. The Morgan fingerprint density at radius 1 is 1.75 bits per heavy atom. The predicted molar refractivity (Wildman–Crippen MR) is 90.4 cm³/mol. The summed E-state index contributed by atoms with van der Waals surface area (Å²) < 4.78 is 27.4. The van der Waals surface area contributed by atoms with Crippen LogP contribution in [0.25, 0.3) is 0 Å². The smallest absolute Gasteiger partial charge is 0.314 e. The number of carbonyl (C=O) groups is 1. The zero-order chi connectivity index (χ0) is 18.0. The lowest BCUT2D eigenvalue weighted by Crippen LogP contribution is -2.50. The Kier molecular flexibility index (Phi) is 5.42. The van der Waals surface area contributed by atoms with Crippen molar-refractivity contribution in [1.29, 1.82) is 0 Å². The molecule has 0 radical (unpaired) electrons. The van der Waals surface area contributed by atoms with Crippen molar-refractivity contribution in [2.75, 3.05) is 26.0 Å². The van der Waals surface area contributed by atoms with E-state index in [1.54, 1.807) is 4.90 Å². The van der Waals surface area contributed by atoms with E-state index in [0.29, 0.717) is 0 Å². The Morgan fingerprint density at radius 3 is 3.00 bits per heavy atom. The molecule has 2 unspecified atom stereocenters. The monoisotopic (exact) mass is 371 g/mol. The molecule has 1 aromatic heterocycles. The molecule has 1 fully saturated rings. The van der Waals surface area contributed by atoms with Gasteiger partial charge in [-0.05, 0) is 11.3 Å². The normalized spacial score (nSPS) is 24.5. The molecule has 24 heavy (non-hydrogen) atoms. The van der Waals surface area contributed by atoms with Crippen LogP contribution in [0.15, 0.2) is 23.1 Å². The number of carbonyl (C=O) groups excluding carboxylic acids is 1. The van der Waals surface area contributed by atoms with Gasteiger partial charge in [0.2, 0.25) is 0 Å². The van der Waals surface area contributed by atoms with Crippen molar-refractivity contribution in [3.8, 4) is 12.3 Å². The van der Waals surface area contributed by atoms with Crippen molar-refractivity contribution in [2.45, 2.75) is 16.9 Å². The van der Waals surface area contributed by atoms with E-state index in [2.05, 4.69) is 17.5 Å². The first-order valence-electron chi connectivity index (χ1n) is 6.92. The van der Waals surface area contributed by atoms with Crippen LogP contribution in [-0.4, -0.2) is 56.5 Å². The second kappa shape index (κ2) is 7.00. The molecule has 0 aliphatic carbocycles. The molecule has 0 amide bonds. The second-order valence-electron chi connectivity index (χ2n) is 5.32. The maximum Gasteiger partial charge on any atom is 0.314 e. The Labute approximate surface area is 144 Å². The number of hydrogen-bond acceptors (Lipinski definition) is 8. The molecule has 1 saturated heterocycles. The van der Waals surface area contributed by atoms with E-state index in [-0.39, 0.29) is 35.5 Å². The van der Waals surface area contributed by atoms with Gasteiger partial charge in [0.05, 0.1) is 25.7 Å². The highest BCUT2D eigenvalue weighted by molar-refractivity contribution is 7.92. The van der Waals surface area contributed by atoms with Gasteiger partial charge in [-0.25, -0.2) is 13.3 Å². The average molecular weight is 371 g/mol. The Balaban J connectivity index is 2.33. The lowest BCUT2D eigenvalue weighted by atomic mass is 10.4. The van der Waals surface area contributed by atoms with E-state index in [0.717, 1.165) is 23.8 Å². The fourth-order valence-electron chi connectivity index (χ4n) is 2.26. The third-order valence-corrected chi connectivity index (χ3v) is 6.24.